The number of para-hydroxylation sites is 1. The highest BCUT2D eigenvalue weighted by atomic mass is 32.2. The first-order valence-electron chi connectivity index (χ1n) is 8.34. The van der Waals surface area contributed by atoms with Crippen LogP contribution in [0.25, 0.3) is 6.08 Å². The van der Waals surface area contributed by atoms with Crippen molar-refractivity contribution in [1.29, 1.82) is 0 Å². The Bertz CT molecular complexity index is 855. The minimum atomic E-state index is -0.620. The van der Waals surface area contributed by atoms with Crippen LogP contribution in [-0.2, 0) is 9.59 Å². The summed E-state index contributed by atoms with van der Waals surface area (Å²) in [5.74, 6) is -0.187. The molecule has 3 rings (SSSR count). The molecule has 0 saturated carbocycles. The number of amides is 2. The number of hydrogen-bond donors (Lipinski definition) is 1. The zero-order valence-corrected chi connectivity index (χ0v) is 16.4. The summed E-state index contributed by atoms with van der Waals surface area (Å²) in [4.78, 5) is 27.7. The first-order valence-corrected chi connectivity index (χ1v) is 10.7. The summed E-state index contributed by atoms with van der Waals surface area (Å²) in [5.41, 5.74) is 1.04. The predicted molar refractivity (Wildman–Crippen MR) is 110 cm³/mol. The molecule has 2 aromatic carbocycles. The normalized spacial score (nSPS) is 16.7. The quantitative estimate of drug-likeness (QED) is 0.604. The lowest BCUT2D eigenvalue weighted by Crippen LogP contribution is -2.44. The minimum Gasteiger partial charge on any atom is -0.322 e. The van der Waals surface area contributed by atoms with Crippen molar-refractivity contribution in [3.05, 3.63) is 66.0 Å². The van der Waals surface area contributed by atoms with Crippen LogP contribution in [0, 0.1) is 5.82 Å². The number of carbonyl (C=O) groups is 2. The maximum absolute atomic E-state index is 13.7. The molecule has 1 aliphatic rings. The van der Waals surface area contributed by atoms with Crippen LogP contribution in [0.4, 0.5) is 10.1 Å². The third-order valence-corrected chi connectivity index (χ3v) is 5.89. The molecule has 1 N–H and O–H groups in total. The lowest BCUT2D eigenvalue weighted by molar-refractivity contribution is -0.132. The molecule has 1 heterocycles. The van der Waals surface area contributed by atoms with E-state index in [9.17, 15) is 14.0 Å². The van der Waals surface area contributed by atoms with Gasteiger partial charge in [-0.05, 0) is 42.2 Å². The summed E-state index contributed by atoms with van der Waals surface area (Å²) in [6, 6.07) is 13.2. The number of nitrogens with zero attached hydrogens (tertiary/aromatic N) is 1. The molecule has 140 valence electrons. The Balaban J connectivity index is 1.65. The molecule has 1 saturated heterocycles. The van der Waals surface area contributed by atoms with Crippen LogP contribution < -0.4 is 5.32 Å². The summed E-state index contributed by atoms with van der Waals surface area (Å²) < 4.78 is 13.7. The van der Waals surface area contributed by atoms with E-state index in [0.29, 0.717) is 11.6 Å². The molecule has 4 nitrogen and oxygen atoms in total. The molecule has 0 radical (unpaired) electrons. The average molecular weight is 403 g/mol. The molecule has 1 fully saturated rings. The van der Waals surface area contributed by atoms with Crippen molar-refractivity contribution in [2.24, 2.45) is 0 Å². The monoisotopic (exact) mass is 402 g/mol. The molecule has 2 amide bonds. The summed E-state index contributed by atoms with van der Waals surface area (Å²) >= 11 is 3.16. The van der Waals surface area contributed by atoms with Gasteiger partial charge in [0.1, 0.15) is 11.9 Å². The molecule has 0 spiro atoms. The van der Waals surface area contributed by atoms with Gasteiger partial charge >= 0.3 is 0 Å². The van der Waals surface area contributed by atoms with Crippen molar-refractivity contribution in [3.63, 3.8) is 0 Å². The van der Waals surface area contributed by atoms with Crippen LogP contribution in [0.3, 0.4) is 0 Å². The van der Waals surface area contributed by atoms with Crippen LogP contribution in [0.2, 0.25) is 0 Å². The van der Waals surface area contributed by atoms with E-state index in [-0.39, 0.29) is 17.5 Å². The lowest BCUT2D eigenvalue weighted by atomic mass is 10.2. The van der Waals surface area contributed by atoms with Crippen molar-refractivity contribution in [2.75, 3.05) is 23.2 Å². The molecule has 1 unspecified atom stereocenters. The number of halogens is 1. The first kappa shape index (κ1) is 19.5. The van der Waals surface area contributed by atoms with Gasteiger partial charge in [-0.15, -0.1) is 23.5 Å². The third-order valence-electron chi connectivity index (χ3n) is 4.13. The Hall–Kier alpha value is -2.25. The minimum absolute atomic E-state index is 0.122. The summed E-state index contributed by atoms with van der Waals surface area (Å²) in [6.07, 6.45) is 5.22. The fourth-order valence-electron chi connectivity index (χ4n) is 2.63. The Labute approximate surface area is 166 Å². The van der Waals surface area contributed by atoms with Gasteiger partial charge < -0.3 is 10.2 Å². The van der Waals surface area contributed by atoms with Crippen molar-refractivity contribution >= 4 is 47.1 Å². The molecule has 27 heavy (non-hydrogen) atoms. The predicted octanol–water partition coefficient (Wildman–Crippen LogP) is 4.10. The Morgan fingerprint density at radius 2 is 1.96 bits per heavy atom. The maximum atomic E-state index is 13.7. The van der Waals surface area contributed by atoms with E-state index in [1.807, 2.05) is 30.5 Å². The van der Waals surface area contributed by atoms with Gasteiger partial charge in [0.2, 0.25) is 11.8 Å². The average Bonchev–Trinajstić information content (AvgIpc) is 3.18. The summed E-state index contributed by atoms with van der Waals surface area (Å²) in [7, 11) is 0. The van der Waals surface area contributed by atoms with Crippen LogP contribution in [-0.4, -0.2) is 40.6 Å². The molecule has 2 aromatic rings. The van der Waals surface area contributed by atoms with E-state index >= 15 is 0 Å². The molecular weight excluding hydrogens is 383 g/mol. The highest BCUT2D eigenvalue weighted by molar-refractivity contribution is 7.99. The van der Waals surface area contributed by atoms with E-state index in [0.717, 1.165) is 10.5 Å². The standard InChI is InChI=1S/C20H19FN2O2S2/c1-26-15-9-6-14(7-10-15)8-11-19(24)23-13-27-12-18(23)20(25)22-17-5-3-2-4-16(17)21/h2-11,18H,12-13H2,1H3,(H,22,25)/b11-8+. The number of benzene rings is 2. The smallest absolute Gasteiger partial charge is 0.248 e. The number of anilines is 1. The number of hydrogen-bond acceptors (Lipinski definition) is 4. The maximum Gasteiger partial charge on any atom is 0.248 e. The van der Waals surface area contributed by atoms with Crippen molar-refractivity contribution < 1.29 is 14.0 Å². The van der Waals surface area contributed by atoms with Crippen LogP contribution >= 0.6 is 23.5 Å². The fraction of sp³-hybridized carbons (Fsp3) is 0.200. The van der Waals surface area contributed by atoms with Gasteiger partial charge in [-0.3, -0.25) is 9.59 Å². The van der Waals surface area contributed by atoms with E-state index in [2.05, 4.69) is 5.32 Å². The van der Waals surface area contributed by atoms with Crippen molar-refractivity contribution in [2.45, 2.75) is 10.9 Å². The zero-order chi connectivity index (χ0) is 19.2. The highest BCUT2D eigenvalue weighted by Gasteiger charge is 2.34. The molecule has 1 atom stereocenters. The van der Waals surface area contributed by atoms with Crippen molar-refractivity contribution in [3.8, 4) is 0 Å². The van der Waals surface area contributed by atoms with Crippen LogP contribution in [0.15, 0.2) is 59.5 Å². The van der Waals surface area contributed by atoms with Gasteiger partial charge in [-0.1, -0.05) is 24.3 Å². The zero-order valence-electron chi connectivity index (χ0n) is 14.7. The van der Waals surface area contributed by atoms with E-state index < -0.39 is 11.9 Å². The molecule has 7 heteroatoms. The van der Waals surface area contributed by atoms with Crippen molar-refractivity contribution in [1.82, 2.24) is 4.90 Å². The Morgan fingerprint density at radius 1 is 1.22 bits per heavy atom. The number of carbonyl (C=O) groups excluding carboxylic acids is 2. The Morgan fingerprint density at radius 3 is 2.67 bits per heavy atom. The number of rotatable bonds is 5. The molecule has 0 aliphatic carbocycles. The SMILES string of the molecule is CSc1ccc(/C=C/C(=O)N2CSCC2C(=O)Nc2ccccc2F)cc1. The first-order chi connectivity index (χ1) is 13.1. The van der Waals surface area contributed by atoms with Gasteiger partial charge in [0, 0.05) is 16.7 Å². The van der Waals surface area contributed by atoms with Crippen LogP contribution in [0.5, 0.6) is 0 Å². The van der Waals surface area contributed by atoms with E-state index in [4.69, 9.17) is 0 Å². The second-order valence-corrected chi connectivity index (χ2v) is 7.78. The third kappa shape index (κ3) is 4.93. The molecular formula is C20H19FN2O2S2. The summed E-state index contributed by atoms with van der Waals surface area (Å²) in [5, 5.41) is 2.58. The lowest BCUT2D eigenvalue weighted by Gasteiger charge is -2.21. The van der Waals surface area contributed by atoms with Crippen LogP contribution in [0.1, 0.15) is 5.56 Å². The summed E-state index contributed by atoms with van der Waals surface area (Å²) in [6.45, 7) is 0. The second-order valence-electron chi connectivity index (χ2n) is 5.90. The van der Waals surface area contributed by atoms with Gasteiger partial charge in [0.15, 0.2) is 0 Å². The fourth-order valence-corrected chi connectivity index (χ4v) is 4.21. The molecule has 0 bridgehead atoms. The van der Waals surface area contributed by atoms with Gasteiger partial charge in [-0.2, -0.15) is 0 Å². The van der Waals surface area contributed by atoms with Gasteiger partial charge in [0.05, 0.1) is 11.6 Å². The second kappa shape index (κ2) is 9.10. The topological polar surface area (TPSA) is 49.4 Å². The van der Waals surface area contributed by atoms with Gasteiger partial charge in [0.25, 0.3) is 0 Å². The van der Waals surface area contributed by atoms with E-state index in [1.54, 1.807) is 30.0 Å². The largest absolute Gasteiger partial charge is 0.322 e. The molecule has 0 aromatic heterocycles. The Kier molecular flexibility index (Phi) is 6.58. The number of nitrogens with one attached hydrogen (secondary N) is 1. The highest BCUT2D eigenvalue weighted by Crippen LogP contribution is 2.24. The molecule has 1 aliphatic heterocycles. The number of thioether (sulfide) groups is 2. The van der Waals surface area contributed by atoms with Gasteiger partial charge in [-0.25, -0.2) is 4.39 Å². The van der Waals surface area contributed by atoms with E-state index in [1.165, 1.54) is 34.9 Å².